The molecular formula is C23H25F3N2O2. The number of carbonyl (C=O) groups excluding carboxylic acids is 1. The predicted molar refractivity (Wildman–Crippen MR) is 108 cm³/mol. The van der Waals surface area contributed by atoms with Crippen molar-refractivity contribution >= 4 is 11.6 Å². The van der Waals surface area contributed by atoms with Crippen molar-refractivity contribution in [2.75, 3.05) is 31.6 Å². The molecule has 0 aliphatic carbocycles. The molecule has 4 rings (SSSR count). The first-order valence-corrected chi connectivity index (χ1v) is 10.2. The number of alkyl halides is 3. The van der Waals surface area contributed by atoms with Crippen LogP contribution in [0.15, 0.2) is 54.6 Å². The molecule has 4 nitrogen and oxygen atoms in total. The van der Waals surface area contributed by atoms with Gasteiger partial charge in [-0.15, -0.1) is 0 Å². The molecular weight excluding hydrogens is 393 g/mol. The maximum atomic E-state index is 13.6. The van der Waals surface area contributed by atoms with Gasteiger partial charge in [0.15, 0.2) is 0 Å². The lowest BCUT2D eigenvalue weighted by Crippen LogP contribution is -2.49. The molecule has 7 heteroatoms. The molecule has 2 heterocycles. The molecule has 1 N–H and O–H groups in total. The minimum Gasteiger partial charge on any atom is -0.381 e. The lowest BCUT2D eigenvalue weighted by molar-refractivity contribution is -0.141. The van der Waals surface area contributed by atoms with Crippen molar-refractivity contribution in [1.29, 1.82) is 0 Å². The Labute approximate surface area is 174 Å². The summed E-state index contributed by atoms with van der Waals surface area (Å²) in [5.74, 6) is -0.0949. The third kappa shape index (κ3) is 4.17. The van der Waals surface area contributed by atoms with Gasteiger partial charge in [-0.05, 0) is 43.0 Å². The Hall–Kier alpha value is -2.54. The Morgan fingerprint density at radius 3 is 2.50 bits per heavy atom. The van der Waals surface area contributed by atoms with Crippen LogP contribution in [0.1, 0.15) is 30.4 Å². The van der Waals surface area contributed by atoms with Crippen molar-refractivity contribution in [2.24, 2.45) is 0 Å². The lowest BCUT2D eigenvalue weighted by atomic mass is 9.72. The van der Waals surface area contributed by atoms with E-state index in [1.807, 2.05) is 30.3 Å². The molecule has 0 saturated carbocycles. The smallest absolute Gasteiger partial charge is 0.381 e. The van der Waals surface area contributed by atoms with E-state index in [-0.39, 0.29) is 11.9 Å². The summed E-state index contributed by atoms with van der Waals surface area (Å²) in [5.41, 5.74) is -0.259. The van der Waals surface area contributed by atoms with Crippen molar-refractivity contribution < 1.29 is 22.7 Å². The number of halogens is 3. The Kier molecular flexibility index (Phi) is 5.73. The number of para-hydroxylation sites is 1. The molecule has 1 unspecified atom stereocenters. The molecule has 0 aromatic heterocycles. The van der Waals surface area contributed by atoms with Gasteiger partial charge < -0.3 is 15.0 Å². The zero-order valence-corrected chi connectivity index (χ0v) is 16.6. The van der Waals surface area contributed by atoms with E-state index in [2.05, 4.69) is 5.32 Å². The Morgan fingerprint density at radius 1 is 1.07 bits per heavy atom. The number of anilines is 1. The number of hydrogen-bond donors (Lipinski definition) is 1. The van der Waals surface area contributed by atoms with Crippen LogP contribution in [0.3, 0.4) is 0 Å². The van der Waals surface area contributed by atoms with Crippen LogP contribution in [0.2, 0.25) is 0 Å². The molecule has 0 radical (unpaired) electrons. The second-order valence-corrected chi connectivity index (χ2v) is 8.02. The maximum Gasteiger partial charge on any atom is 0.416 e. The highest BCUT2D eigenvalue weighted by molar-refractivity contribution is 5.89. The maximum absolute atomic E-state index is 13.6. The van der Waals surface area contributed by atoms with Gasteiger partial charge in [0.25, 0.3) is 0 Å². The van der Waals surface area contributed by atoms with E-state index in [9.17, 15) is 18.0 Å². The number of amides is 1. The summed E-state index contributed by atoms with van der Waals surface area (Å²) in [7, 11) is 0. The molecule has 1 atom stereocenters. The molecule has 1 amide bonds. The standard InChI is InChI=1S/C23H25F3N2O2/c24-23(25,26)18-6-4-5-17(15-18)22(10-13-30-14-11-22)21(29)28-12-9-20(16-28)27-19-7-2-1-3-8-19/h1-8,15,20,27H,9-14,16H2. The van der Waals surface area contributed by atoms with Crippen LogP contribution < -0.4 is 5.32 Å². The molecule has 2 saturated heterocycles. The fourth-order valence-corrected chi connectivity index (χ4v) is 4.47. The van der Waals surface area contributed by atoms with E-state index in [0.717, 1.165) is 24.2 Å². The van der Waals surface area contributed by atoms with Gasteiger partial charge in [0, 0.05) is 38.0 Å². The zero-order chi connectivity index (χ0) is 21.2. The van der Waals surface area contributed by atoms with Gasteiger partial charge in [0.05, 0.1) is 11.0 Å². The third-order valence-electron chi connectivity index (χ3n) is 6.12. The van der Waals surface area contributed by atoms with E-state index in [0.29, 0.717) is 44.7 Å². The number of rotatable bonds is 4. The van der Waals surface area contributed by atoms with Gasteiger partial charge in [-0.25, -0.2) is 0 Å². The van der Waals surface area contributed by atoms with Gasteiger partial charge in [-0.3, -0.25) is 4.79 Å². The van der Waals surface area contributed by atoms with Gasteiger partial charge >= 0.3 is 6.18 Å². The van der Waals surface area contributed by atoms with E-state index in [1.54, 1.807) is 11.0 Å². The van der Waals surface area contributed by atoms with Crippen molar-refractivity contribution in [2.45, 2.75) is 36.9 Å². The molecule has 2 aliphatic heterocycles. The number of nitrogens with one attached hydrogen (secondary N) is 1. The average molecular weight is 418 g/mol. The number of hydrogen-bond acceptors (Lipinski definition) is 3. The second-order valence-electron chi connectivity index (χ2n) is 8.02. The first-order chi connectivity index (χ1) is 14.4. The molecule has 0 bridgehead atoms. The van der Waals surface area contributed by atoms with Crippen LogP contribution in [0.5, 0.6) is 0 Å². The van der Waals surface area contributed by atoms with Gasteiger partial charge in [-0.2, -0.15) is 13.2 Å². The Morgan fingerprint density at radius 2 is 1.80 bits per heavy atom. The summed E-state index contributed by atoms with van der Waals surface area (Å²) < 4.78 is 45.3. The molecule has 2 aromatic carbocycles. The SMILES string of the molecule is O=C(N1CCC(Nc2ccccc2)C1)C1(c2cccc(C(F)(F)F)c2)CCOCC1. The first kappa shape index (κ1) is 20.7. The van der Waals surface area contributed by atoms with E-state index in [1.165, 1.54) is 6.07 Å². The Balaban J connectivity index is 1.56. The minimum atomic E-state index is -4.44. The number of likely N-dealkylation sites (tertiary alicyclic amines) is 1. The summed E-state index contributed by atoms with van der Waals surface area (Å²) in [6, 6.07) is 15.2. The molecule has 2 aliphatic rings. The van der Waals surface area contributed by atoms with Crippen LogP contribution in [0.4, 0.5) is 18.9 Å². The molecule has 0 spiro atoms. The monoisotopic (exact) mass is 418 g/mol. The summed E-state index contributed by atoms with van der Waals surface area (Å²) in [6.45, 7) is 1.85. The molecule has 2 aromatic rings. The van der Waals surface area contributed by atoms with Crippen molar-refractivity contribution in [3.05, 3.63) is 65.7 Å². The van der Waals surface area contributed by atoms with Crippen LogP contribution >= 0.6 is 0 Å². The van der Waals surface area contributed by atoms with Gasteiger partial charge in [-0.1, -0.05) is 36.4 Å². The highest BCUT2D eigenvalue weighted by Crippen LogP contribution is 2.40. The van der Waals surface area contributed by atoms with E-state index < -0.39 is 17.2 Å². The predicted octanol–water partition coefficient (Wildman–Crippen LogP) is 4.47. The fourth-order valence-electron chi connectivity index (χ4n) is 4.47. The average Bonchev–Trinajstić information content (AvgIpc) is 3.22. The first-order valence-electron chi connectivity index (χ1n) is 10.2. The fraction of sp³-hybridized carbons (Fsp3) is 0.435. The van der Waals surface area contributed by atoms with Gasteiger partial charge in [0.1, 0.15) is 0 Å². The Bertz CT molecular complexity index is 880. The van der Waals surface area contributed by atoms with Crippen LogP contribution in [0, 0.1) is 0 Å². The summed E-state index contributed by atoms with van der Waals surface area (Å²) >= 11 is 0. The van der Waals surface area contributed by atoms with E-state index >= 15 is 0 Å². The normalized spacial score (nSPS) is 21.4. The summed E-state index contributed by atoms with van der Waals surface area (Å²) in [6.07, 6.45) is -2.86. The van der Waals surface area contributed by atoms with Gasteiger partial charge in [0.2, 0.25) is 5.91 Å². The molecule has 2 fully saturated rings. The third-order valence-corrected chi connectivity index (χ3v) is 6.12. The van der Waals surface area contributed by atoms with Crippen LogP contribution in [-0.2, 0) is 21.1 Å². The quantitative estimate of drug-likeness (QED) is 0.797. The van der Waals surface area contributed by atoms with Crippen LogP contribution in [0.25, 0.3) is 0 Å². The van der Waals surface area contributed by atoms with Crippen molar-refractivity contribution in [1.82, 2.24) is 4.90 Å². The number of benzene rings is 2. The topological polar surface area (TPSA) is 41.6 Å². The second kappa shape index (κ2) is 8.30. The van der Waals surface area contributed by atoms with Crippen molar-refractivity contribution in [3.63, 3.8) is 0 Å². The summed E-state index contributed by atoms with van der Waals surface area (Å²) in [4.78, 5) is 15.4. The highest BCUT2D eigenvalue weighted by Gasteiger charge is 2.46. The zero-order valence-electron chi connectivity index (χ0n) is 16.6. The lowest BCUT2D eigenvalue weighted by Gasteiger charge is -2.39. The summed E-state index contributed by atoms with van der Waals surface area (Å²) in [5, 5.41) is 3.44. The van der Waals surface area contributed by atoms with E-state index in [4.69, 9.17) is 4.74 Å². The number of carbonyl (C=O) groups is 1. The highest BCUT2D eigenvalue weighted by atomic mass is 19.4. The molecule has 160 valence electrons. The van der Waals surface area contributed by atoms with Crippen molar-refractivity contribution in [3.8, 4) is 0 Å². The minimum absolute atomic E-state index is 0.0949. The van der Waals surface area contributed by atoms with Crippen LogP contribution in [-0.4, -0.2) is 43.2 Å². The largest absolute Gasteiger partial charge is 0.416 e. The molecule has 30 heavy (non-hydrogen) atoms. The number of nitrogens with zero attached hydrogens (tertiary/aromatic N) is 1. The number of ether oxygens (including phenoxy) is 1.